The van der Waals surface area contributed by atoms with E-state index in [2.05, 4.69) is 5.32 Å². The van der Waals surface area contributed by atoms with Crippen molar-refractivity contribution in [3.63, 3.8) is 0 Å². The van der Waals surface area contributed by atoms with Crippen molar-refractivity contribution in [2.75, 3.05) is 11.1 Å². The van der Waals surface area contributed by atoms with Gasteiger partial charge in [-0.2, -0.15) is 0 Å². The molecule has 1 aromatic carbocycles. The maximum absolute atomic E-state index is 12.0. The van der Waals surface area contributed by atoms with Gasteiger partial charge in [-0.05, 0) is 36.3 Å². The maximum Gasteiger partial charge on any atom is 0.307 e. The summed E-state index contributed by atoms with van der Waals surface area (Å²) in [6, 6.07) is 6.98. The Kier molecular flexibility index (Phi) is 4.85. The first kappa shape index (κ1) is 13.9. The topological polar surface area (TPSA) is 66.4 Å². The Hall–Kier alpha value is -1.49. The number of benzene rings is 1. The van der Waals surface area contributed by atoms with Crippen molar-refractivity contribution in [2.45, 2.75) is 30.9 Å². The molecule has 0 saturated carbocycles. The van der Waals surface area contributed by atoms with Crippen LogP contribution in [0.1, 0.15) is 24.8 Å². The minimum absolute atomic E-state index is 0.00665. The minimum atomic E-state index is -0.851. The van der Waals surface area contributed by atoms with Crippen molar-refractivity contribution in [3.05, 3.63) is 29.8 Å². The van der Waals surface area contributed by atoms with Crippen LogP contribution in [-0.2, 0) is 16.0 Å². The molecule has 5 heteroatoms. The average molecular weight is 279 g/mol. The van der Waals surface area contributed by atoms with Crippen LogP contribution < -0.4 is 5.32 Å². The molecule has 0 aromatic heterocycles. The van der Waals surface area contributed by atoms with Gasteiger partial charge in [0.15, 0.2) is 0 Å². The summed E-state index contributed by atoms with van der Waals surface area (Å²) >= 11 is 1.71. The number of carbonyl (C=O) groups is 2. The van der Waals surface area contributed by atoms with Crippen molar-refractivity contribution >= 4 is 29.3 Å². The Labute approximate surface area is 116 Å². The lowest BCUT2D eigenvalue weighted by atomic mass is 10.1. The second kappa shape index (κ2) is 6.61. The van der Waals surface area contributed by atoms with Gasteiger partial charge in [0, 0.05) is 5.69 Å². The van der Waals surface area contributed by atoms with E-state index in [0.29, 0.717) is 0 Å². The van der Waals surface area contributed by atoms with E-state index in [4.69, 9.17) is 5.11 Å². The molecule has 0 radical (unpaired) electrons. The van der Waals surface area contributed by atoms with Gasteiger partial charge in [-0.15, -0.1) is 11.8 Å². The zero-order valence-corrected chi connectivity index (χ0v) is 11.4. The normalized spacial score (nSPS) is 18.8. The predicted molar refractivity (Wildman–Crippen MR) is 76.5 cm³/mol. The van der Waals surface area contributed by atoms with Gasteiger partial charge < -0.3 is 10.4 Å². The maximum atomic E-state index is 12.0. The third-order valence-corrected chi connectivity index (χ3v) is 4.43. The van der Waals surface area contributed by atoms with Crippen LogP contribution in [0.3, 0.4) is 0 Å². The fourth-order valence-corrected chi connectivity index (χ4v) is 3.25. The van der Waals surface area contributed by atoms with E-state index in [1.165, 1.54) is 6.42 Å². The van der Waals surface area contributed by atoms with Crippen molar-refractivity contribution in [1.29, 1.82) is 0 Å². The molecular formula is C14H17NO3S. The highest BCUT2D eigenvalue weighted by Crippen LogP contribution is 2.26. The number of hydrogen-bond acceptors (Lipinski definition) is 3. The summed E-state index contributed by atoms with van der Waals surface area (Å²) in [7, 11) is 0. The lowest BCUT2D eigenvalue weighted by Gasteiger charge is -2.20. The molecule has 1 amide bonds. The zero-order valence-electron chi connectivity index (χ0n) is 10.6. The number of amides is 1. The summed E-state index contributed by atoms with van der Waals surface area (Å²) in [4.78, 5) is 22.6. The Morgan fingerprint density at radius 1 is 1.26 bits per heavy atom. The van der Waals surface area contributed by atoms with Gasteiger partial charge in [0.25, 0.3) is 0 Å². The van der Waals surface area contributed by atoms with Crippen LogP contribution in [0.2, 0.25) is 0 Å². The molecule has 2 rings (SSSR count). The average Bonchev–Trinajstić information content (AvgIpc) is 2.41. The summed E-state index contributed by atoms with van der Waals surface area (Å²) in [5, 5.41) is 11.6. The lowest BCUT2D eigenvalue weighted by molar-refractivity contribution is -0.136. The highest BCUT2D eigenvalue weighted by atomic mass is 32.2. The number of carboxylic acids is 1. The number of thioether (sulfide) groups is 1. The van der Waals surface area contributed by atoms with Crippen LogP contribution in [-0.4, -0.2) is 28.0 Å². The van der Waals surface area contributed by atoms with E-state index in [0.717, 1.165) is 29.8 Å². The van der Waals surface area contributed by atoms with Crippen LogP contribution in [0.5, 0.6) is 0 Å². The first-order valence-electron chi connectivity index (χ1n) is 6.38. The standard InChI is InChI=1S/C14H17NO3S/c16-13(17)9-10-4-6-11(7-5-10)15-14(18)12-3-1-2-8-19-12/h4-7,12H,1-3,8-9H2,(H,15,18)(H,16,17). The molecule has 102 valence electrons. The van der Waals surface area contributed by atoms with E-state index < -0.39 is 5.97 Å². The molecular weight excluding hydrogens is 262 g/mol. The smallest absolute Gasteiger partial charge is 0.307 e. The van der Waals surface area contributed by atoms with E-state index in [9.17, 15) is 9.59 Å². The third-order valence-electron chi connectivity index (χ3n) is 3.05. The molecule has 1 aromatic rings. The Bertz CT molecular complexity index is 452. The van der Waals surface area contributed by atoms with E-state index in [-0.39, 0.29) is 17.6 Å². The number of nitrogens with one attached hydrogen (secondary N) is 1. The summed E-state index contributed by atoms with van der Waals surface area (Å²) in [6.45, 7) is 0. The van der Waals surface area contributed by atoms with E-state index in [1.807, 2.05) is 0 Å². The van der Waals surface area contributed by atoms with E-state index >= 15 is 0 Å². The van der Waals surface area contributed by atoms with Gasteiger partial charge in [0.2, 0.25) is 5.91 Å². The second-order valence-electron chi connectivity index (χ2n) is 4.61. The molecule has 1 aliphatic heterocycles. The summed E-state index contributed by atoms with van der Waals surface area (Å²) in [5.41, 5.74) is 1.46. The molecule has 1 atom stereocenters. The SMILES string of the molecule is O=C(O)Cc1ccc(NC(=O)C2CCCCS2)cc1. The van der Waals surface area contributed by atoms with Crippen LogP contribution >= 0.6 is 11.8 Å². The Morgan fingerprint density at radius 2 is 2.00 bits per heavy atom. The first-order chi connectivity index (χ1) is 9.15. The number of carboxylic acid groups (broad SMARTS) is 1. The van der Waals surface area contributed by atoms with Crippen molar-refractivity contribution in [2.24, 2.45) is 0 Å². The van der Waals surface area contributed by atoms with E-state index in [1.54, 1.807) is 36.0 Å². The van der Waals surface area contributed by atoms with Crippen molar-refractivity contribution in [3.8, 4) is 0 Å². The Balaban J connectivity index is 1.91. The number of carbonyl (C=O) groups excluding carboxylic acids is 1. The third kappa shape index (κ3) is 4.28. The quantitative estimate of drug-likeness (QED) is 0.889. The fourth-order valence-electron chi connectivity index (χ4n) is 2.05. The molecule has 1 fully saturated rings. The Morgan fingerprint density at radius 3 is 2.58 bits per heavy atom. The van der Waals surface area contributed by atoms with Gasteiger partial charge in [-0.1, -0.05) is 18.6 Å². The van der Waals surface area contributed by atoms with Crippen LogP contribution in [0.4, 0.5) is 5.69 Å². The van der Waals surface area contributed by atoms with Gasteiger partial charge in [-0.25, -0.2) is 0 Å². The van der Waals surface area contributed by atoms with Gasteiger partial charge in [-0.3, -0.25) is 9.59 Å². The monoisotopic (exact) mass is 279 g/mol. The molecule has 19 heavy (non-hydrogen) atoms. The minimum Gasteiger partial charge on any atom is -0.481 e. The highest BCUT2D eigenvalue weighted by molar-refractivity contribution is 8.00. The molecule has 4 nitrogen and oxygen atoms in total. The molecule has 2 N–H and O–H groups in total. The number of aliphatic carboxylic acids is 1. The number of anilines is 1. The molecule has 1 aliphatic rings. The molecule has 0 aliphatic carbocycles. The second-order valence-corrected chi connectivity index (χ2v) is 5.92. The number of hydrogen-bond donors (Lipinski definition) is 2. The summed E-state index contributed by atoms with van der Waals surface area (Å²) in [5.74, 6) is 0.251. The molecule has 0 spiro atoms. The molecule has 1 unspecified atom stereocenters. The predicted octanol–water partition coefficient (Wildman–Crippen LogP) is 2.54. The van der Waals surface area contributed by atoms with Crippen LogP contribution in [0.15, 0.2) is 24.3 Å². The van der Waals surface area contributed by atoms with Crippen molar-refractivity contribution in [1.82, 2.24) is 0 Å². The van der Waals surface area contributed by atoms with Gasteiger partial charge in [0.1, 0.15) is 0 Å². The van der Waals surface area contributed by atoms with Crippen LogP contribution in [0.25, 0.3) is 0 Å². The molecule has 1 heterocycles. The highest BCUT2D eigenvalue weighted by Gasteiger charge is 2.21. The van der Waals surface area contributed by atoms with Gasteiger partial charge >= 0.3 is 5.97 Å². The first-order valence-corrected chi connectivity index (χ1v) is 7.43. The summed E-state index contributed by atoms with van der Waals surface area (Å²) in [6.07, 6.45) is 3.25. The molecule has 1 saturated heterocycles. The van der Waals surface area contributed by atoms with Crippen molar-refractivity contribution < 1.29 is 14.7 Å². The molecule has 0 bridgehead atoms. The zero-order chi connectivity index (χ0) is 13.7. The van der Waals surface area contributed by atoms with Gasteiger partial charge in [0.05, 0.1) is 11.7 Å². The fraction of sp³-hybridized carbons (Fsp3) is 0.429. The lowest BCUT2D eigenvalue weighted by Crippen LogP contribution is -2.27. The van der Waals surface area contributed by atoms with Crippen LogP contribution in [0, 0.1) is 0 Å². The number of rotatable bonds is 4. The largest absolute Gasteiger partial charge is 0.481 e. The summed E-state index contributed by atoms with van der Waals surface area (Å²) < 4.78 is 0.